The highest BCUT2D eigenvalue weighted by molar-refractivity contribution is 7.22. The maximum Gasteiger partial charge on any atom is 0.253 e. The summed E-state index contributed by atoms with van der Waals surface area (Å²) in [6.07, 6.45) is 0. The van der Waals surface area contributed by atoms with Crippen molar-refractivity contribution in [3.05, 3.63) is 83.9 Å². The summed E-state index contributed by atoms with van der Waals surface area (Å²) in [7, 11) is 0. The van der Waals surface area contributed by atoms with Gasteiger partial charge in [0, 0.05) is 31.7 Å². The van der Waals surface area contributed by atoms with Crippen molar-refractivity contribution in [1.29, 1.82) is 0 Å². The summed E-state index contributed by atoms with van der Waals surface area (Å²) in [6.45, 7) is 5.16. The molecule has 0 unspecified atom stereocenters. The predicted octanol–water partition coefficient (Wildman–Crippen LogP) is 5.23. The van der Waals surface area contributed by atoms with Crippen LogP contribution in [-0.4, -0.2) is 42.0 Å². The van der Waals surface area contributed by atoms with Crippen LogP contribution in [0.5, 0.6) is 0 Å². The van der Waals surface area contributed by atoms with Gasteiger partial charge in [-0.1, -0.05) is 65.9 Å². The maximum absolute atomic E-state index is 13.0. The second-order valence-corrected chi connectivity index (χ2v) is 8.65. The normalized spacial score (nSPS) is 14.3. The van der Waals surface area contributed by atoms with E-state index in [1.807, 2.05) is 47.4 Å². The van der Waals surface area contributed by atoms with Gasteiger partial charge in [0.05, 0.1) is 10.2 Å². The third-order valence-corrected chi connectivity index (χ3v) is 6.77. The summed E-state index contributed by atoms with van der Waals surface area (Å²) in [5.74, 6) is 0.106. The van der Waals surface area contributed by atoms with Crippen molar-refractivity contribution in [1.82, 2.24) is 9.88 Å². The second-order valence-electron chi connectivity index (χ2n) is 7.64. The van der Waals surface area contributed by atoms with E-state index in [4.69, 9.17) is 4.98 Å². The molecule has 2 heterocycles. The van der Waals surface area contributed by atoms with Crippen molar-refractivity contribution >= 4 is 32.6 Å². The van der Waals surface area contributed by atoms with Gasteiger partial charge in [-0.15, -0.1) is 0 Å². The number of rotatable bonds is 3. The molecule has 1 aromatic heterocycles. The molecule has 4 nitrogen and oxygen atoms in total. The van der Waals surface area contributed by atoms with Crippen molar-refractivity contribution in [2.24, 2.45) is 0 Å². The monoisotopic (exact) mass is 413 g/mol. The number of carbonyl (C=O) groups is 1. The Labute approximate surface area is 180 Å². The Bertz CT molecular complexity index is 1180. The van der Waals surface area contributed by atoms with Crippen LogP contribution in [0.3, 0.4) is 0 Å². The van der Waals surface area contributed by atoms with Gasteiger partial charge >= 0.3 is 0 Å². The van der Waals surface area contributed by atoms with E-state index in [0.717, 1.165) is 40.4 Å². The molecule has 5 heteroatoms. The van der Waals surface area contributed by atoms with E-state index in [2.05, 4.69) is 42.2 Å². The summed E-state index contributed by atoms with van der Waals surface area (Å²) in [5.41, 5.74) is 5.34. The molecule has 0 saturated carbocycles. The molecule has 0 bridgehead atoms. The zero-order chi connectivity index (χ0) is 20.5. The molecule has 0 N–H and O–H groups in total. The molecule has 1 aliphatic rings. The van der Waals surface area contributed by atoms with Gasteiger partial charge in [-0.3, -0.25) is 4.79 Å². The van der Waals surface area contributed by atoms with E-state index < -0.39 is 0 Å². The maximum atomic E-state index is 13.0. The van der Waals surface area contributed by atoms with Crippen LogP contribution >= 0.6 is 11.3 Å². The number of para-hydroxylation sites is 1. The average Bonchev–Trinajstić information content (AvgIpc) is 3.25. The molecule has 1 aliphatic heterocycles. The van der Waals surface area contributed by atoms with E-state index in [-0.39, 0.29) is 5.91 Å². The molecule has 0 spiro atoms. The van der Waals surface area contributed by atoms with Gasteiger partial charge in [-0.25, -0.2) is 4.98 Å². The van der Waals surface area contributed by atoms with Gasteiger partial charge in [0.1, 0.15) is 0 Å². The molecule has 150 valence electrons. The van der Waals surface area contributed by atoms with Crippen molar-refractivity contribution in [3.8, 4) is 11.1 Å². The highest BCUT2D eigenvalue weighted by Crippen LogP contribution is 2.31. The lowest BCUT2D eigenvalue weighted by Gasteiger charge is -2.34. The zero-order valence-corrected chi connectivity index (χ0v) is 17.7. The van der Waals surface area contributed by atoms with Crippen LogP contribution in [-0.2, 0) is 0 Å². The second kappa shape index (κ2) is 7.92. The summed E-state index contributed by atoms with van der Waals surface area (Å²) in [4.78, 5) is 22.1. The molecule has 0 aliphatic carbocycles. The largest absolute Gasteiger partial charge is 0.345 e. The van der Waals surface area contributed by atoms with Crippen LogP contribution in [0.2, 0.25) is 0 Å². The number of aromatic nitrogens is 1. The molecule has 30 heavy (non-hydrogen) atoms. The first-order valence-electron chi connectivity index (χ1n) is 10.2. The molecule has 1 amide bonds. The average molecular weight is 414 g/mol. The SMILES string of the molecule is Cc1cccc2sc(N3CCN(C(=O)c4ccc(-c5ccccc5)cc4)CC3)nc12. The van der Waals surface area contributed by atoms with Gasteiger partial charge in [-0.2, -0.15) is 0 Å². The van der Waals surface area contributed by atoms with Crippen molar-refractivity contribution < 1.29 is 4.79 Å². The summed E-state index contributed by atoms with van der Waals surface area (Å²) >= 11 is 1.73. The number of nitrogens with zero attached hydrogens (tertiary/aromatic N) is 3. The Kier molecular flexibility index (Phi) is 4.97. The Balaban J connectivity index is 1.26. The highest BCUT2D eigenvalue weighted by atomic mass is 32.1. The van der Waals surface area contributed by atoms with Crippen LogP contribution < -0.4 is 4.90 Å². The minimum Gasteiger partial charge on any atom is -0.345 e. The molecular formula is C25H23N3OS. The lowest BCUT2D eigenvalue weighted by atomic mass is 10.0. The Hall–Kier alpha value is -3.18. The Morgan fingerprint density at radius 2 is 1.53 bits per heavy atom. The van der Waals surface area contributed by atoms with E-state index in [1.54, 1.807) is 11.3 Å². The minimum atomic E-state index is 0.106. The fourth-order valence-corrected chi connectivity index (χ4v) is 5.02. The smallest absolute Gasteiger partial charge is 0.253 e. The first-order valence-corrected chi connectivity index (χ1v) is 11.1. The number of hydrogen-bond acceptors (Lipinski definition) is 4. The third kappa shape index (κ3) is 3.57. The summed E-state index contributed by atoms with van der Waals surface area (Å²) in [5, 5.41) is 1.05. The molecular weight excluding hydrogens is 390 g/mol. The Morgan fingerprint density at radius 1 is 0.833 bits per heavy atom. The fourth-order valence-electron chi connectivity index (χ4n) is 3.93. The van der Waals surface area contributed by atoms with E-state index in [0.29, 0.717) is 13.1 Å². The molecule has 4 aromatic rings. The van der Waals surface area contributed by atoms with Crippen molar-refractivity contribution in [2.45, 2.75) is 6.92 Å². The predicted molar refractivity (Wildman–Crippen MR) is 124 cm³/mol. The Morgan fingerprint density at radius 3 is 2.23 bits per heavy atom. The first kappa shape index (κ1) is 18.8. The number of anilines is 1. The molecule has 0 radical (unpaired) electrons. The molecule has 5 rings (SSSR count). The lowest BCUT2D eigenvalue weighted by Crippen LogP contribution is -2.48. The number of hydrogen-bond donors (Lipinski definition) is 0. The van der Waals surface area contributed by atoms with E-state index >= 15 is 0 Å². The number of amides is 1. The lowest BCUT2D eigenvalue weighted by molar-refractivity contribution is 0.0747. The van der Waals surface area contributed by atoms with Crippen LogP contribution in [0.4, 0.5) is 5.13 Å². The topological polar surface area (TPSA) is 36.4 Å². The van der Waals surface area contributed by atoms with E-state index in [9.17, 15) is 4.79 Å². The summed E-state index contributed by atoms with van der Waals surface area (Å²) < 4.78 is 1.22. The molecule has 3 aromatic carbocycles. The van der Waals surface area contributed by atoms with Gasteiger partial charge in [0.15, 0.2) is 5.13 Å². The number of fused-ring (bicyclic) bond motifs is 1. The third-order valence-electron chi connectivity index (χ3n) is 5.69. The van der Waals surface area contributed by atoms with Crippen molar-refractivity contribution in [3.63, 3.8) is 0 Å². The molecule has 1 saturated heterocycles. The number of carbonyl (C=O) groups excluding carboxylic acids is 1. The molecule has 0 atom stereocenters. The highest BCUT2D eigenvalue weighted by Gasteiger charge is 2.24. The van der Waals surface area contributed by atoms with Gasteiger partial charge in [-0.05, 0) is 41.8 Å². The standard InChI is InChI=1S/C25H23N3OS/c1-18-6-5-9-22-23(18)26-25(30-22)28-16-14-27(15-17-28)24(29)21-12-10-20(11-13-21)19-7-3-2-4-8-19/h2-13H,14-17H2,1H3. The van der Waals surface area contributed by atoms with Crippen LogP contribution in [0.25, 0.3) is 21.3 Å². The van der Waals surface area contributed by atoms with Crippen LogP contribution in [0, 0.1) is 6.92 Å². The van der Waals surface area contributed by atoms with Crippen LogP contribution in [0.15, 0.2) is 72.8 Å². The van der Waals surface area contributed by atoms with Crippen LogP contribution in [0.1, 0.15) is 15.9 Å². The van der Waals surface area contributed by atoms with Gasteiger partial charge in [0.2, 0.25) is 0 Å². The number of piperazine rings is 1. The number of aryl methyl sites for hydroxylation is 1. The fraction of sp³-hybridized carbons (Fsp3) is 0.200. The minimum absolute atomic E-state index is 0.106. The molecule has 1 fully saturated rings. The quantitative estimate of drug-likeness (QED) is 0.461. The van der Waals surface area contributed by atoms with Crippen molar-refractivity contribution in [2.75, 3.05) is 31.1 Å². The number of benzene rings is 3. The summed E-state index contributed by atoms with van der Waals surface area (Å²) in [6, 6.07) is 24.5. The van der Waals surface area contributed by atoms with Gasteiger partial charge < -0.3 is 9.80 Å². The number of thiazole rings is 1. The zero-order valence-electron chi connectivity index (χ0n) is 16.9. The van der Waals surface area contributed by atoms with Gasteiger partial charge in [0.25, 0.3) is 5.91 Å². The first-order chi connectivity index (χ1) is 14.7. The van der Waals surface area contributed by atoms with E-state index in [1.165, 1.54) is 10.3 Å².